The highest BCUT2D eigenvalue weighted by Gasteiger charge is 2.22. The number of halogens is 3. The van der Waals surface area contributed by atoms with Crippen molar-refractivity contribution < 1.29 is 9.59 Å². The van der Waals surface area contributed by atoms with E-state index in [1.54, 1.807) is 53.1 Å². The van der Waals surface area contributed by atoms with Crippen molar-refractivity contribution in [2.45, 2.75) is 6.42 Å². The van der Waals surface area contributed by atoms with Crippen LogP contribution in [0.2, 0.25) is 15.1 Å². The summed E-state index contributed by atoms with van der Waals surface area (Å²) < 4.78 is 1.72. The topological polar surface area (TPSA) is 63.5 Å². The molecule has 5 nitrogen and oxygen atoms in total. The average molecular weight is 479 g/mol. The van der Waals surface area contributed by atoms with Gasteiger partial charge in [0.2, 0.25) is 0 Å². The van der Waals surface area contributed by atoms with E-state index in [4.69, 9.17) is 34.8 Å². The van der Waals surface area contributed by atoms with E-state index in [1.807, 2.05) is 5.38 Å². The van der Waals surface area contributed by atoms with E-state index in [1.165, 1.54) is 11.3 Å². The summed E-state index contributed by atoms with van der Waals surface area (Å²) in [5.74, 6) is -0.533. The summed E-state index contributed by atoms with van der Waals surface area (Å²) in [6.45, 7) is -0.115. The first-order chi connectivity index (χ1) is 14.4. The van der Waals surface area contributed by atoms with Gasteiger partial charge in [0.15, 0.2) is 10.7 Å². The molecule has 2 aromatic heterocycles. The Morgan fingerprint density at radius 3 is 2.53 bits per heavy atom. The van der Waals surface area contributed by atoms with E-state index < -0.39 is 0 Å². The average Bonchev–Trinajstić information content (AvgIpc) is 3.31. The van der Waals surface area contributed by atoms with Gasteiger partial charge in [-0.05, 0) is 29.8 Å². The monoisotopic (exact) mass is 477 g/mol. The molecule has 0 fully saturated rings. The molecule has 152 valence electrons. The summed E-state index contributed by atoms with van der Waals surface area (Å²) in [5, 5.41) is 5.96. The number of aromatic nitrogens is 2. The molecule has 2 heterocycles. The predicted molar refractivity (Wildman–Crippen MR) is 121 cm³/mol. The fraction of sp³-hybridized carbons (Fsp3) is 0.0952. The zero-order valence-corrected chi connectivity index (χ0v) is 18.4. The number of ketones is 1. The van der Waals surface area contributed by atoms with Crippen molar-refractivity contribution in [2.24, 2.45) is 0 Å². The molecular formula is C21H14Cl3N3O2S. The van der Waals surface area contributed by atoms with Crippen molar-refractivity contribution in [3.63, 3.8) is 0 Å². The van der Waals surface area contributed by atoms with E-state index in [9.17, 15) is 9.59 Å². The van der Waals surface area contributed by atoms with Gasteiger partial charge in [-0.3, -0.25) is 14.0 Å². The van der Waals surface area contributed by atoms with Crippen LogP contribution in [0.25, 0.3) is 16.2 Å². The SMILES string of the molecule is O=C(CNC(=O)c1c(-c2ccc(Cl)cc2)nc2sccn12)Cc1ccc(Cl)c(Cl)c1. The molecule has 30 heavy (non-hydrogen) atoms. The van der Waals surface area contributed by atoms with Gasteiger partial charge in [0.05, 0.1) is 16.6 Å². The lowest BCUT2D eigenvalue weighted by Crippen LogP contribution is -2.31. The number of carbonyl (C=O) groups is 2. The number of fused-ring (bicyclic) bond motifs is 1. The minimum absolute atomic E-state index is 0.115. The highest BCUT2D eigenvalue weighted by molar-refractivity contribution is 7.15. The number of nitrogens with zero attached hydrogens (tertiary/aromatic N) is 2. The number of hydrogen-bond donors (Lipinski definition) is 1. The van der Waals surface area contributed by atoms with Crippen LogP contribution in [-0.4, -0.2) is 27.6 Å². The Bertz CT molecular complexity index is 1250. The summed E-state index contributed by atoms with van der Waals surface area (Å²) in [4.78, 5) is 30.6. The smallest absolute Gasteiger partial charge is 0.270 e. The zero-order chi connectivity index (χ0) is 21.3. The van der Waals surface area contributed by atoms with Gasteiger partial charge in [0.25, 0.3) is 5.91 Å². The third-order valence-corrected chi connectivity index (χ3v) is 6.17. The fourth-order valence-corrected chi connectivity index (χ4v) is 4.17. The maximum Gasteiger partial charge on any atom is 0.270 e. The summed E-state index contributed by atoms with van der Waals surface area (Å²) in [6, 6.07) is 12.1. The van der Waals surface area contributed by atoms with Crippen LogP contribution < -0.4 is 5.32 Å². The van der Waals surface area contributed by atoms with Crippen molar-refractivity contribution in [1.82, 2.24) is 14.7 Å². The van der Waals surface area contributed by atoms with Crippen LogP contribution in [0, 0.1) is 0 Å². The molecule has 0 aliphatic carbocycles. The second-order valence-corrected chi connectivity index (χ2v) is 8.64. The minimum Gasteiger partial charge on any atom is -0.344 e. The first kappa shape index (κ1) is 20.9. The number of hydrogen-bond acceptors (Lipinski definition) is 4. The second-order valence-electron chi connectivity index (χ2n) is 6.52. The Hall–Kier alpha value is -2.38. The Labute approximate surface area is 191 Å². The molecule has 0 spiro atoms. The molecule has 0 atom stereocenters. The first-order valence-electron chi connectivity index (χ1n) is 8.87. The summed E-state index contributed by atoms with van der Waals surface area (Å²) >= 11 is 19.3. The molecule has 0 radical (unpaired) electrons. The summed E-state index contributed by atoms with van der Waals surface area (Å²) in [5.41, 5.74) is 2.40. The number of imidazole rings is 1. The number of nitrogens with one attached hydrogen (secondary N) is 1. The second kappa shape index (κ2) is 8.78. The largest absolute Gasteiger partial charge is 0.344 e. The number of amides is 1. The first-order valence-corrected chi connectivity index (χ1v) is 10.9. The minimum atomic E-state index is -0.381. The van der Waals surface area contributed by atoms with Crippen molar-refractivity contribution in [1.29, 1.82) is 0 Å². The molecule has 9 heteroatoms. The molecule has 0 aliphatic rings. The van der Waals surface area contributed by atoms with Crippen LogP contribution in [0.4, 0.5) is 0 Å². The Balaban J connectivity index is 1.52. The van der Waals surface area contributed by atoms with Crippen molar-refractivity contribution in [3.05, 3.63) is 80.4 Å². The lowest BCUT2D eigenvalue weighted by atomic mass is 10.1. The van der Waals surface area contributed by atoms with Gasteiger partial charge in [-0.1, -0.05) is 53.0 Å². The van der Waals surface area contributed by atoms with Gasteiger partial charge < -0.3 is 5.32 Å². The number of thiazole rings is 1. The van der Waals surface area contributed by atoms with E-state index in [-0.39, 0.29) is 24.7 Å². The molecule has 1 amide bonds. The molecule has 1 N–H and O–H groups in total. The van der Waals surface area contributed by atoms with Crippen LogP contribution in [0.1, 0.15) is 16.1 Å². The molecule has 0 bridgehead atoms. The lowest BCUT2D eigenvalue weighted by molar-refractivity contribution is -0.117. The van der Waals surface area contributed by atoms with Crippen molar-refractivity contribution in [3.8, 4) is 11.3 Å². The number of Topliss-reactive ketones (excluding diaryl/α,β-unsaturated/α-hetero) is 1. The van der Waals surface area contributed by atoms with E-state index in [0.29, 0.717) is 31.4 Å². The van der Waals surface area contributed by atoms with Crippen LogP contribution in [0.5, 0.6) is 0 Å². The summed E-state index contributed by atoms with van der Waals surface area (Å²) in [6.07, 6.45) is 1.92. The molecule has 0 aliphatic heterocycles. The van der Waals surface area contributed by atoms with E-state index in [0.717, 1.165) is 11.1 Å². The fourth-order valence-electron chi connectivity index (χ4n) is 3.01. The van der Waals surface area contributed by atoms with Crippen LogP contribution >= 0.6 is 46.1 Å². The van der Waals surface area contributed by atoms with Crippen LogP contribution in [0.15, 0.2) is 54.0 Å². The predicted octanol–water partition coefficient (Wildman–Crippen LogP) is 5.56. The van der Waals surface area contributed by atoms with Crippen molar-refractivity contribution in [2.75, 3.05) is 6.54 Å². The third-order valence-electron chi connectivity index (χ3n) is 4.43. The van der Waals surface area contributed by atoms with Gasteiger partial charge >= 0.3 is 0 Å². The highest BCUT2D eigenvalue weighted by atomic mass is 35.5. The normalized spacial score (nSPS) is 11.0. The molecule has 4 aromatic rings. The number of rotatable bonds is 6. The molecule has 0 saturated carbocycles. The quantitative estimate of drug-likeness (QED) is 0.394. The van der Waals surface area contributed by atoms with Gasteiger partial charge in [0, 0.05) is 28.6 Å². The Morgan fingerprint density at radius 2 is 1.80 bits per heavy atom. The van der Waals surface area contributed by atoms with E-state index >= 15 is 0 Å². The molecule has 0 unspecified atom stereocenters. The molecule has 4 rings (SSSR count). The maximum atomic E-state index is 13.0. The molecular weight excluding hydrogens is 465 g/mol. The third kappa shape index (κ3) is 4.37. The van der Waals surface area contributed by atoms with Gasteiger partial charge in [-0.25, -0.2) is 4.98 Å². The molecule has 2 aromatic carbocycles. The van der Waals surface area contributed by atoms with Gasteiger partial charge in [0.1, 0.15) is 11.4 Å². The van der Waals surface area contributed by atoms with Gasteiger partial charge in [-0.15, -0.1) is 11.3 Å². The summed E-state index contributed by atoms with van der Waals surface area (Å²) in [7, 11) is 0. The highest BCUT2D eigenvalue weighted by Crippen LogP contribution is 2.28. The van der Waals surface area contributed by atoms with Crippen LogP contribution in [-0.2, 0) is 11.2 Å². The van der Waals surface area contributed by atoms with E-state index in [2.05, 4.69) is 10.3 Å². The Morgan fingerprint density at radius 1 is 1.03 bits per heavy atom. The van der Waals surface area contributed by atoms with Crippen LogP contribution in [0.3, 0.4) is 0 Å². The van der Waals surface area contributed by atoms with Crippen molar-refractivity contribution >= 4 is 62.8 Å². The number of carbonyl (C=O) groups excluding carboxylic acids is 2. The maximum absolute atomic E-state index is 13.0. The van der Waals surface area contributed by atoms with Gasteiger partial charge in [-0.2, -0.15) is 0 Å². The standard InChI is InChI=1S/C21H14Cl3N3O2S/c22-14-4-2-13(3-5-14)18-19(27-7-8-30-21(27)26-18)20(29)25-11-15(28)9-12-1-6-16(23)17(24)10-12/h1-8,10H,9,11H2,(H,25,29). The number of benzene rings is 2. The zero-order valence-electron chi connectivity index (χ0n) is 15.4. The molecule has 0 saturated heterocycles. The Kier molecular flexibility index (Phi) is 6.11. The lowest BCUT2D eigenvalue weighted by Gasteiger charge is -2.07.